The molecule has 0 heterocycles. The topological polar surface area (TPSA) is 52.6 Å². The molecule has 156 valence electrons. The lowest BCUT2D eigenvalue weighted by atomic mass is 9.89. The second-order valence-corrected chi connectivity index (χ2v) is 7.21. The van der Waals surface area contributed by atoms with Crippen molar-refractivity contribution in [3.8, 4) is 0 Å². The monoisotopic (exact) mass is 396 g/mol. The molecule has 0 atom stereocenters. The number of benzene rings is 2. The van der Waals surface area contributed by atoms with Gasteiger partial charge in [0.05, 0.1) is 6.61 Å². The van der Waals surface area contributed by atoms with Gasteiger partial charge < -0.3 is 9.47 Å². The van der Waals surface area contributed by atoms with Crippen molar-refractivity contribution in [1.82, 2.24) is 0 Å². The SMILES string of the molecule is CCCCCCOCC(=O)CC(=O)OCCC(c1ccccc1)c1ccccc1. The maximum Gasteiger partial charge on any atom is 0.313 e. The van der Waals surface area contributed by atoms with Crippen molar-refractivity contribution >= 4 is 11.8 Å². The standard InChI is InChI=1S/C25H32O4/c1-2-3-4-11-17-28-20-23(26)19-25(27)29-18-16-24(21-12-7-5-8-13-21)22-14-9-6-10-15-22/h5-10,12-15,24H,2-4,11,16-20H2,1H3. The normalized spacial score (nSPS) is 10.8. The van der Waals surface area contributed by atoms with E-state index in [1.54, 1.807) is 0 Å². The number of ketones is 1. The number of unbranched alkanes of at least 4 members (excludes halogenated alkanes) is 3. The second-order valence-electron chi connectivity index (χ2n) is 7.21. The molecule has 0 aromatic heterocycles. The van der Waals surface area contributed by atoms with Crippen LogP contribution in [0.3, 0.4) is 0 Å². The molecule has 0 unspecified atom stereocenters. The van der Waals surface area contributed by atoms with Gasteiger partial charge in [0.15, 0.2) is 5.78 Å². The van der Waals surface area contributed by atoms with Crippen LogP contribution in [0.2, 0.25) is 0 Å². The summed E-state index contributed by atoms with van der Waals surface area (Å²) in [7, 11) is 0. The van der Waals surface area contributed by atoms with Gasteiger partial charge in [-0.25, -0.2) is 0 Å². The first-order chi connectivity index (χ1) is 14.2. The van der Waals surface area contributed by atoms with E-state index in [0.29, 0.717) is 13.0 Å². The predicted octanol–water partition coefficient (Wildman–Crippen LogP) is 5.31. The van der Waals surface area contributed by atoms with E-state index in [4.69, 9.17) is 9.47 Å². The minimum atomic E-state index is -0.482. The molecule has 2 rings (SSSR count). The zero-order valence-electron chi connectivity index (χ0n) is 17.3. The fraction of sp³-hybridized carbons (Fsp3) is 0.440. The summed E-state index contributed by atoms with van der Waals surface area (Å²) in [5.41, 5.74) is 2.37. The van der Waals surface area contributed by atoms with Crippen LogP contribution in [0.25, 0.3) is 0 Å². The summed E-state index contributed by atoms with van der Waals surface area (Å²) in [6.07, 6.45) is 4.84. The van der Waals surface area contributed by atoms with Gasteiger partial charge in [-0.3, -0.25) is 9.59 Å². The third-order valence-electron chi connectivity index (χ3n) is 4.82. The van der Waals surface area contributed by atoms with Gasteiger partial charge in [0.2, 0.25) is 0 Å². The molecule has 2 aromatic carbocycles. The summed E-state index contributed by atoms with van der Waals surface area (Å²) in [5.74, 6) is -0.565. The van der Waals surface area contributed by atoms with E-state index in [-0.39, 0.29) is 31.3 Å². The fourth-order valence-electron chi connectivity index (χ4n) is 3.27. The number of esters is 1. The van der Waals surface area contributed by atoms with Crippen LogP contribution >= 0.6 is 0 Å². The van der Waals surface area contributed by atoms with Crippen LogP contribution in [-0.2, 0) is 19.1 Å². The van der Waals surface area contributed by atoms with E-state index in [2.05, 4.69) is 31.2 Å². The Morgan fingerprint density at radius 2 is 1.45 bits per heavy atom. The first-order valence-corrected chi connectivity index (χ1v) is 10.6. The highest BCUT2D eigenvalue weighted by molar-refractivity contribution is 5.96. The molecule has 0 aliphatic rings. The molecule has 0 saturated carbocycles. The van der Waals surface area contributed by atoms with Crippen molar-refractivity contribution in [2.45, 2.75) is 51.4 Å². The number of hydrogen-bond acceptors (Lipinski definition) is 4. The largest absolute Gasteiger partial charge is 0.465 e. The van der Waals surface area contributed by atoms with E-state index >= 15 is 0 Å². The fourth-order valence-corrected chi connectivity index (χ4v) is 3.27. The molecule has 0 amide bonds. The van der Waals surface area contributed by atoms with Gasteiger partial charge >= 0.3 is 5.97 Å². The van der Waals surface area contributed by atoms with Crippen LogP contribution in [0.5, 0.6) is 0 Å². The highest BCUT2D eigenvalue weighted by Gasteiger charge is 2.16. The van der Waals surface area contributed by atoms with E-state index in [1.165, 1.54) is 24.0 Å². The molecule has 0 bridgehead atoms. The maximum absolute atomic E-state index is 12.0. The summed E-state index contributed by atoms with van der Waals surface area (Å²) >= 11 is 0. The zero-order valence-corrected chi connectivity index (χ0v) is 17.3. The van der Waals surface area contributed by atoms with E-state index in [0.717, 1.165) is 12.8 Å². The number of carbonyl (C=O) groups excluding carboxylic acids is 2. The van der Waals surface area contributed by atoms with Gasteiger partial charge in [-0.1, -0.05) is 86.8 Å². The quantitative estimate of drug-likeness (QED) is 0.247. The number of ether oxygens (including phenoxy) is 2. The Labute approximate surface area is 174 Å². The Morgan fingerprint density at radius 3 is 2.03 bits per heavy atom. The van der Waals surface area contributed by atoms with Crippen molar-refractivity contribution < 1.29 is 19.1 Å². The van der Waals surface area contributed by atoms with Gasteiger partial charge in [0, 0.05) is 12.5 Å². The highest BCUT2D eigenvalue weighted by Crippen LogP contribution is 2.27. The van der Waals surface area contributed by atoms with Crippen LogP contribution in [0.15, 0.2) is 60.7 Å². The van der Waals surface area contributed by atoms with Crippen molar-refractivity contribution in [3.63, 3.8) is 0 Å². The van der Waals surface area contributed by atoms with Crippen molar-refractivity contribution in [2.75, 3.05) is 19.8 Å². The minimum absolute atomic E-state index is 0.0160. The zero-order chi connectivity index (χ0) is 20.7. The molecule has 0 N–H and O–H groups in total. The first-order valence-electron chi connectivity index (χ1n) is 10.6. The second kappa shape index (κ2) is 13.7. The summed E-state index contributed by atoms with van der Waals surface area (Å²) in [6.45, 7) is 2.98. The van der Waals surface area contributed by atoms with Gasteiger partial charge in [-0.05, 0) is 24.0 Å². The van der Waals surface area contributed by atoms with E-state index in [1.807, 2.05) is 36.4 Å². The Hall–Kier alpha value is -2.46. The average Bonchev–Trinajstić information content (AvgIpc) is 2.75. The highest BCUT2D eigenvalue weighted by atomic mass is 16.5. The van der Waals surface area contributed by atoms with Gasteiger partial charge in [-0.15, -0.1) is 0 Å². The Bertz CT molecular complexity index is 673. The molecule has 2 aromatic rings. The molecule has 0 aliphatic carbocycles. The van der Waals surface area contributed by atoms with Crippen molar-refractivity contribution in [1.29, 1.82) is 0 Å². The van der Waals surface area contributed by atoms with E-state index < -0.39 is 5.97 Å². The average molecular weight is 397 g/mol. The first kappa shape index (κ1) is 22.8. The van der Waals surface area contributed by atoms with Gasteiger partial charge in [0.25, 0.3) is 0 Å². The van der Waals surface area contributed by atoms with Crippen LogP contribution in [0.4, 0.5) is 0 Å². The summed E-state index contributed by atoms with van der Waals surface area (Å²) < 4.78 is 10.7. The van der Waals surface area contributed by atoms with Gasteiger partial charge in [-0.2, -0.15) is 0 Å². The van der Waals surface area contributed by atoms with Crippen molar-refractivity contribution in [3.05, 3.63) is 71.8 Å². The summed E-state index contributed by atoms with van der Waals surface area (Å²) in [5, 5.41) is 0. The molecule has 4 nitrogen and oxygen atoms in total. The summed E-state index contributed by atoms with van der Waals surface area (Å²) in [4.78, 5) is 23.8. The Balaban J connectivity index is 1.73. The molecule has 4 heteroatoms. The van der Waals surface area contributed by atoms with Crippen LogP contribution < -0.4 is 0 Å². The molecule has 0 aliphatic heterocycles. The molecule has 0 saturated heterocycles. The molecule has 29 heavy (non-hydrogen) atoms. The predicted molar refractivity (Wildman–Crippen MR) is 115 cm³/mol. The number of hydrogen-bond donors (Lipinski definition) is 0. The van der Waals surface area contributed by atoms with Crippen LogP contribution in [-0.4, -0.2) is 31.6 Å². The molecule has 0 spiro atoms. The van der Waals surface area contributed by atoms with Crippen LogP contribution in [0, 0.1) is 0 Å². The molecular weight excluding hydrogens is 364 g/mol. The number of rotatable bonds is 14. The lowest BCUT2D eigenvalue weighted by Gasteiger charge is -2.18. The molecule has 0 radical (unpaired) electrons. The molecular formula is C25H32O4. The third kappa shape index (κ3) is 9.05. The molecule has 0 fully saturated rings. The third-order valence-corrected chi connectivity index (χ3v) is 4.82. The lowest BCUT2D eigenvalue weighted by Crippen LogP contribution is -2.17. The maximum atomic E-state index is 12.0. The van der Waals surface area contributed by atoms with Gasteiger partial charge in [0.1, 0.15) is 13.0 Å². The Kier molecular flexibility index (Phi) is 10.8. The van der Waals surface area contributed by atoms with Crippen LogP contribution in [0.1, 0.15) is 62.5 Å². The Morgan fingerprint density at radius 1 is 0.828 bits per heavy atom. The number of Topliss-reactive ketones (excluding diaryl/α,β-unsaturated/α-hetero) is 1. The minimum Gasteiger partial charge on any atom is -0.465 e. The lowest BCUT2D eigenvalue weighted by molar-refractivity contribution is -0.147. The van der Waals surface area contributed by atoms with Crippen molar-refractivity contribution in [2.24, 2.45) is 0 Å². The summed E-state index contributed by atoms with van der Waals surface area (Å²) in [6, 6.07) is 20.4. The smallest absolute Gasteiger partial charge is 0.313 e. The number of carbonyl (C=O) groups is 2. The van der Waals surface area contributed by atoms with E-state index in [9.17, 15) is 9.59 Å².